The van der Waals surface area contributed by atoms with Crippen molar-refractivity contribution in [2.24, 2.45) is 0 Å². The molecule has 1 aliphatic carbocycles. The molecule has 23 heavy (non-hydrogen) atoms. The van der Waals surface area contributed by atoms with Gasteiger partial charge in [-0.15, -0.1) is 0 Å². The lowest BCUT2D eigenvalue weighted by Crippen LogP contribution is -2.49. The van der Waals surface area contributed by atoms with Crippen LogP contribution < -0.4 is 4.72 Å². The van der Waals surface area contributed by atoms with Crippen LogP contribution in [0.3, 0.4) is 0 Å². The molecule has 1 unspecified atom stereocenters. The van der Waals surface area contributed by atoms with Gasteiger partial charge in [0.25, 0.3) is 0 Å². The molecule has 1 amide bonds. The van der Waals surface area contributed by atoms with Gasteiger partial charge in [-0.2, -0.15) is 4.72 Å². The van der Waals surface area contributed by atoms with E-state index in [4.69, 9.17) is 0 Å². The van der Waals surface area contributed by atoms with E-state index in [9.17, 15) is 17.6 Å². The summed E-state index contributed by atoms with van der Waals surface area (Å²) in [5.41, 5.74) is 0. The van der Waals surface area contributed by atoms with Crippen LogP contribution in [-0.2, 0) is 14.8 Å². The number of carbonyl (C=O) groups is 1. The monoisotopic (exact) mass is 342 g/mol. The van der Waals surface area contributed by atoms with Gasteiger partial charge in [0.15, 0.2) is 0 Å². The van der Waals surface area contributed by atoms with Crippen molar-refractivity contribution in [3.63, 3.8) is 0 Å². The van der Waals surface area contributed by atoms with Gasteiger partial charge >= 0.3 is 0 Å². The van der Waals surface area contributed by atoms with Crippen LogP contribution in [0.1, 0.15) is 39.0 Å². The Hall–Kier alpha value is -1.47. The number of nitrogens with one attached hydrogen (secondary N) is 1. The van der Waals surface area contributed by atoms with Crippen molar-refractivity contribution in [3.05, 3.63) is 30.1 Å². The summed E-state index contributed by atoms with van der Waals surface area (Å²) in [6.07, 6.45) is 5.22. The van der Waals surface area contributed by atoms with Gasteiger partial charge in [-0.05, 0) is 31.9 Å². The van der Waals surface area contributed by atoms with E-state index >= 15 is 0 Å². The summed E-state index contributed by atoms with van der Waals surface area (Å²) in [5, 5.41) is 0. The maximum Gasteiger partial charge on any atom is 0.244 e. The molecule has 5 nitrogen and oxygen atoms in total. The van der Waals surface area contributed by atoms with E-state index < -0.39 is 26.8 Å². The van der Waals surface area contributed by atoms with Crippen LogP contribution >= 0.6 is 0 Å². The van der Waals surface area contributed by atoms with E-state index in [0.29, 0.717) is 0 Å². The first-order valence-corrected chi connectivity index (χ1v) is 9.35. The molecule has 1 fully saturated rings. The molecule has 0 bridgehead atoms. The van der Waals surface area contributed by atoms with Crippen LogP contribution in [0, 0.1) is 5.82 Å². The topological polar surface area (TPSA) is 66.5 Å². The SMILES string of the molecule is CC(NS(=O)(=O)c1ccccc1F)C(=O)N(C)C1CCCCC1. The van der Waals surface area contributed by atoms with Gasteiger partial charge < -0.3 is 4.90 Å². The molecule has 128 valence electrons. The van der Waals surface area contributed by atoms with E-state index in [1.54, 1.807) is 11.9 Å². The number of rotatable bonds is 5. The third-order valence-electron chi connectivity index (χ3n) is 4.30. The summed E-state index contributed by atoms with van der Waals surface area (Å²) in [6, 6.07) is 4.33. The molecular formula is C16H23FN2O3S. The van der Waals surface area contributed by atoms with Crippen LogP contribution in [-0.4, -0.2) is 38.4 Å². The minimum Gasteiger partial charge on any atom is -0.341 e. The van der Waals surface area contributed by atoms with Crippen molar-refractivity contribution in [1.29, 1.82) is 0 Å². The third kappa shape index (κ3) is 4.29. The summed E-state index contributed by atoms with van der Waals surface area (Å²) >= 11 is 0. The molecule has 0 radical (unpaired) electrons. The molecule has 2 rings (SSSR count). The summed E-state index contributed by atoms with van der Waals surface area (Å²) in [7, 11) is -2.37. The van der Waals surface area contributed by atoms with Crippen molar-refractivity contribution < 1.29 is 17.6 Å². The Labute approximate surface area is 136 Å². The highest BCUT2D eigenvalue weighted by Crippen LogP contribution is 2.22. The highest BCUT2D eigenvalue weighted by atomic mass is 32.2. The number of likely N-dealkylation sites (N-methyl/N-ethyl adjacent to an activating group) is 1. The number of carbonyl (C=O) groups excluding carboxylic acids is 1. The maximum absolute atomic E-state index is 13.7. The van der Waals surface area contributed by atoms with Gasteiger partial charge in [0.1, 0.15) is 10.7 Å². The highest BCUT2D eigenvalue weighted by molar-refractivity contribution is 7.89. The average molecular weight is 342 g/mol. The molecule has 1 N–H and O–H groups in total. The molecule has 0 heterocycles. The van der Waals surface area contributed by atoms with Crippen molar-refractivity contribution in [1.82, 2.24) is 9.62 Å². The van der Waals surface area contributed by atoms with Gasteiger partial charge in [0.2, 0.25) is 15.9 Å². The zero-order valence-electron chi connectivity index (χ0n) is 13.5. The standard InChI is InChI=1S/C16H23FN2O3S/c1-12(16(20)19(2)13-8-4-3-5-9-13)18-23(21,22)15-11-7-6-10-14(15)17/h6-7,10-13,18H,3-5,8-9H2,1-2H3. The molecule has 0 spiro atoms. The molecule has 0 aliphatic heterocycles. The maximum atomic E-state index is 13.7. The number of sulfonamides is 1. The Morgan fingerprint density at radius 2 is 1.87 bits per heavy atom. The fourth-order valence-electron chi connectivity index (χ4n) is 2.96. The summed E-state index contributed by atoms with van der Waals surface area (Å²) in [5.74, 6) is -1.13. The Bertz CT molecular complexity index is 657. The van der Waals surface area contributed by atoms with Crippen molar-refractivity contribution >= 4 is 15.9 Å². The highest BCUT2D eigenvalue weighted by Gasteiger charge is 2.29. The number of benzene rings is 1. The fourth-order valence-corrected chi connectivity index (χ4v) is 4.24. The largest absolute Gasteiger partial charge is 0.341 e. The van der Waals surface area contributed by atoms with Crippen molar-refractivity contribution in [2.75, 3.05) is 7.05 Å². The van der Waals surface area contributed by atoms with E-state index in [0.717, 1.165) is 31.7 Å². The lowest BCUT2D eigenvalue weighted by molar-refractivity contribution is -0.133. The quantitative estimate of drug-likeness (QED) is 0.893. The Balaban J connectivity index is 2.06. The van der Waals surface area contributed by atoms with Gasteiger partial charge in [-0.3, -0.25) is 4.79 Å². The smallest absolute Gasteiger partial charge is 0.244 e. The molecule has 1 aromatic carbocycles. The van der Waals surface area contributed by atoms with Crippen LogP contribution in [0.15, 0.2) is 29.2 Å². The lowest BCUT2D eigenvalue weighted by atomic mass is 9.94. The zero-order chi connectivity index (χ0) is 17.0. The second-order valence-corrected chi connectivity index (χ2v) is 7.70. The summed E-state index contributed by atoms with van der Waals surface area (Å²) in [4.78, 5) is 13.6. The first-order chi connectivity index (χ1) is 10.8. The minimum absolute atomic E-state index is 0.150. The summed E-state index contributed by atoms with van der Waals surface area (Å²) in [6.45, 7) is 1.49. The summed E-state index contributed by atoms with van der Waals surface area (Å²) < 4.78 is 40.4. The number of hydrogen-bond acceptors (Lipinski definition) is 3. The first kappa shape index (κ1) is 17.9. The van der Waals surface area contributed by atoms with Crippen molar-refractivity contribution in [2.45, 2.75) is 56.0 Å². The normalized spacial score (nSPS) is 17.7. The third-order valence-corrected chi connectivity index (χ3v) is 5.87. The van der Waals surface area contributed by atoms with Gasteiger partial charge in [-0.25, -0.2) is 12.8 Å². The Morgan fingerprint density at radius 3 is 2.48 bits per heavy atom. The molecule has 7 heteroatoms. The second-order valence-electron chi connectivity index (χ2n) is 6.01. The van der Waals surface area contributed by atoms with Crippen LogP contribution in [0.2, 0.25) is 0 Å². The first-order valence-electron chi connectivity index (χ1n) is 7.86. The predicted molar refractivity (Wildman–Crippen MR) is 85.8 cm³/mol. The number of amides is 1. The van der Waals surface area contributed by atoms with Gasteiger partial charge in [-0.1, -0.05) is 31.4 Å². The molecule has 1 aliphatic rings. The lowest BCUT2D eigenvalue weighted by Gasteiger charge is -2.33. The van der Waals surface area contributed by atoms with Crippen LogP contribution in [0.4, 0.5) is 4.39 Å². The molecule has 1 atom stereocenters. The van der Waals surface area contributed by atoms with Gasteiger partial charge in [0.05, 0.1) is 6.04 Å². The predicted octanol–water partition coefficient (Wildman–Crippen LogP) is 2.28. The molecule has 0 saturated heterocycles. The fraction of sp³-hybridized carbons (Fsp3) is 0.562. The number of nitrogens with zero attached hydrogens (tertiary/aromatic N) is 1. The van der Waals surface area contributed by atoms with Gasteiger partial charge in [0, 0.05) is 13.1 Å². The number of hydrogen-bond donors (Lipinski definition) is 1. The molecule has 1 saturated carbocycles. The minimum atomic E-state index is -4.07. The van der Waals surface area contributed by atoms with E-state index in [1.165, 1.54) is 31.5 Å². The second kappa shape index (κ2) is 7.40. The molecular weight excluding hydrogens is 319 g/mol. The zero-order valence-corrected chi connectivity index (χ0v) is 14.3. The van der Waals surface area contributed by atoms with Crippen molar-refractivity contribution in [3.8, 4) is 0 Å². The average Bonchev–Trinajstić information content (AvgIpc) is 2.54. The van der Waals surface area contributed by atoms with E-state index in [1.807, 2.05) is 0 Å². The van der Waals surface area contributed by atoms with E-state index in [2.05, 4.69) is 4.72 Å². The number of halogens is 1. The molecule has 1 aromatic rings. The van der Waals surface area contributed by atoms with Crippen LogP contribution in [0.5, 0.6) is 0 Å². The Kier molecular flexibility index (Phi) is 5.75. The Morgan fingerprint density at radius 1 is 1.26 bits per heavy atom. The van der Waals surface area contributed by atoms with Crippen LogP contribution in [0.25, 0.3) is 0 Å². The van der Waals surface area contributed by atoms with E-state index in [-0.39, 0.29) is 11.9 Å². The molecule has 0 aromatic heterocycles.